The van der Waals surface area contributed by atoms with Gasteiger partial charge in [-0.05, 0) is 24.8 Å². The molecule has 0 aromatic heterocycles. The van der Waals surface area contributed by atoms with Gasteiger partial charge < -0.3 is 0 Å². The van der Waals surface area contributed by atoms with Crippen LogP contribution < -0.4 is 0 Å². The van der Waals surface area contributed by atoms with Crippen LogP contribution in [-0.2, 0) is 16.3 Å². The molecule has 1 rings (SSSR count). The molecule has 0 saturated heterocycles. The summed E-state index contributed by atoms with van der Waals surface area (Å²) in [4.78, 5) is 10.6. The Bertz CT molecular complexity index is 626. The lowest BCUT2D eigenvalue weighted by atomic mass is 10.1. The summed E-state index contributed by atoms with van der Waals surface area (Å²) in [6.45, 7) is 4.18. The highest BCUT2D eigenvalue weighted by molar-refractivity contribution is 7.91. The minimum Gasteiger partial charge on any atom is -0.258 e. The van der Waals surface area contributed by atoms with E-state index in [4.69, 9.17) is 0 Å². The number of aryl methyl sites for hydroxylation is 1. The summed E-state index contributed by atoms with van der Waals surface area (Å²) in [6.07, 6.45) is 8.48. The van der Waals surface area contributed by atoms with Crippen molar-refractivity contribution in [3.05, 3.63) is 33.9 Å². The second kappa shape index (κ2) is 10.4. The molecule has 0 saturated carbocycles. The molecule has 1 aromatic rings. The summed E-state index contributed by atoms with van der Waals surface area (Å²) < 4.78 is 25.3. The molecular formula is C18H29NO4S. The molecule has 5 nitrogen and oxygen atoms in total. The van der Waals surface area contributed by atoms with Gasteiger partial charge in [0.25, 0.3) is 5.69 Å². The van der Waals surface area contributed by atoms with Gasteiger partial charge in [-0.25, -0.2) is 8.42 Å². The van der Waals surface area contributed by atoms with E-state index in [1.54, 1.807) is 6.07 Å². The lowest BCUT2D eigenvalue weighted by Crippen LogP contribution is -2.10. The van der Waals surface area contributed by atoms with Gasteiger partial charge in [-0.2, -0.15) is 0 Å². The predicted octanol–water partition coefficient (Wildman–Crippen LogP) is 5.07. The van der Waals surface area contributed by atoms with E-state index in [1.165, 1.54) is 18.6 Å². The highest BCUT2D eigenvalue weighted by Gasteiger charge is 2.21. The first-order chi connectivity index (χ1) is 11.4. The van der Waals surface area contributed by atoms with Gasteiger partial charge >= 0.3 is 0 Å². The molecule has 0 aliphatic rings. The fraction of sp³-hybridized carbons (Fsp3) is 0.667. The van der Waals surface area contributed by atoms with Gasteiger partial charge in [-0.15, -0.1) is 0 Å². The lowest BCUT2D eigenvalue weighted by Gasteiger charge is -2.10. The fourth-order valence-electron chi connectivity index (χ4n) is 2.70. The summed E-state index contributed by atoms with van der Waals surface area (Å²) in [7, 11) is -3.47. The topological polar surface area (TPSA) is 77.3 Å². The van der Waals surface area contributed by atoms with E-state index in [0.717, 1.165) is 38.5 Å². The number of unbranched alkanes of at least 4 members (excludes halogenated alkanes) is 6. The summed E-state index contributed by atoms with van der Waals surface area (Å²) in [5, 5.41) is 11.0. The van der Waals surface area contributed by atoms with Crippen molar-refractivity contribution in [3.8, 4) is 0 Å². The van der Waals surface area contributed by atoms with Crippen molar-refractivity contribution in [3.63, 3.8) is 0 Å². The van der Waals surface area contributed by atoms with Gasteiger partial charge in [0.15, 0.2) is 9.84 Å². The van der Waals surface area contributed by atoms with Gasteiger partial charge in [0.1, 0.15) is 0 Å². The van der Waals surface area contributed by atoms with Crippen LogP contribution in [0.4, 0.5) is 5.69 Å². The van der Waals surface area contributed by atoms with Crippen LogP contribution in [0.3, 0.4) is 0 Å². The molecule has 0 N–H and O–H groups in total. The zero-order valence-electron chi connectivity index (χ0n) is 14.8. The molecule has 6 heteroatoms. The Kier molecular flexibility index (Phi) is 8.97. The normalized spacial score (nSPS) is 11.6. The third-order valence-electron chi connectivity index (χ3n) is 4.16. The van der Waals surface area contributed by atoms with Crippen LogP contribution in [0.15, 0.2) is 23.1 Å². The summed E-state index contributed by atoms with van der Waals surface area (Å²) in [5.41, 5.74) is 0.546. The highest BCUT2D eigenvalue weighted by Crippen LogP contribution is 2.25. The van der Waals surface area contributed by atoms with Crippen molar-refractivity contribution < 1.29 is 13.3 Å². The smallest absolute Gasteiger partial charge is 0.258 e. The zero-order chi connectivity index (χ0) is 18.0. The first-order valence-corrected chi connectivity index (χ1v) is 10.6. The molecule has 0 bridgehead atoms. The van der Waals surface area contributed by atoms with Crippen LogP contribution in [0.2, 0.25) is 0 Å². The third kappa shape index (κ3) is 6.59. The average molecular weight is 356 g/mol. The maximum absolute atomic E-state index is 12.7. The van der Waals surface area contributed by atoms with Crippen molar-refractivity contribution in [2.75, 3.05) is 5.75 Å². The van der Waals surface area contributed by atoms with Crippen LogP contribution >= 0.6 is 0 Å². The van der Waals surface area contributed by atoms with Crippen LogP contribution in [0.1, 0.15) is 70.8 Å². The second-order valence-corrected chi connectivity index (χ2v) is 8.32. The quantitative estimate of drug-likeness (QED) is 0.298. The van der Waals surface area contributed by atoms with Crippen molar-refractivity contribution in [2.24, 2.45) is 0 Å². The fourth-order valence-corrected chi connectivity index (χ4v) is 4.38. The monoisotopic (exact) mass is 355 g/mol. The number of nitrogens with zero attached hydrogens (tertiary/aromatic N) is 1. The molecule has 0 heterocycles. The molecule has 0 fully saturated rings. The Balaban J connectivity index is 2.85. The number of hydrogen-bond acceptors (Lipinski definition) is 4. The molecule has 0 radical (unpaired) electrons. The molecule has 24 heavy (non-hydrogen) atoms. The number of sulfone groups is 1. The molecule has 0 amide bonds. The Hall–Kier alpha value is -1.43. The van der Waals surface area contributed by atoms with Crippen molar-refractivity contribution in [1.82, 2.24) is 0 Å². The lowest BCUT2D eigenvalue weighted by molar-refractivity contribution is -0.385. The van der Waals surface area contributed by atoms with E-state index in [-0.39, 0.29) is 16.3 Å². The molecular weight excluding hydrogens is 326 g/mol. The number of hydrogen-bond donors (Lipinski definition) is 0. The summed E-state index contributed by atoms with van der Waals surface area (Å²) >= 11 is 0. The van der Waals surface area contributed by atoms with Crippen LogP contribution in [0.5, 0.6) is 0 Å². The maximum Gasteiger partial charge on any atom is 0.270 e. The van der Waals surface area contributed by atoms with E-state index in [9.17, 15) is 18.5 Å². The molecule has 0 unspecified atom stereocenters. The molecule has 0 spiro atoms. The van der Waals surface area contributed by atoms with Gasteiger partial charge in [-0.3, -0.25) is 10.1 Å². The van der Waals surface area contributed by atoms with Crippen LogP contribution in [-0.4, -0.2) is 19.1 Å². The Labute approximate surface area is 145 Å². The number of benzene rings is 1. The SMILES string of the molecule is CCCCCCCCS(=O)(=O)c1cc([N+](=O)[O-])ccc1CCCC. The predicted molar refractivity (Wildman–Crippen MR) is 97.1 cm³/mol. The van der Waals surface area contributed by atoms with E-state index < -0.39 is 14.8 Å². The molecule has 1 aromatic carbocycles. The van der Waals surface area contributed by atoms with Gasteiger partial charge in [0, 0.05) is 12.1 Å². The van der Waals surface area contributed by atoms with Gasteiger partial charge in [0.05, 0.1) is 15.6 Å². The Morgan fingerprint density at radius 2 is 1.58 bits per heavy atom. The molecule has 0 atom stereocenters. The zero-order valence-corrected chi connectivity index (χ0v) is 15.6. The van der Waals surface area contributed by atoms with E-state index in [2.05, 4.69) is 6.92 Å². The first-order valence-electron chi connectivity index (χ1n) is 8.92. The van der Waals surface area contributed by atoms with Crippen molar-refractivity contribution in [1.29, 1.82) is 0 Å². The standard InChI is InChI=1S/C18H29NO4S/c1-3-5-7-8-9-10-14-24(22,23)18-15-17(19(20)21)13-12-16(18)11-6-4-2/h12-13,15H,3-11,14H2,1-2H3. The number of nitro benzene ring substituents is 1. The third-order valence-corrected chi connectivity index (χ3v) is 6.04. The van der Waals surface area contributed by atoms with Crippen molar-refractivity contribution >= 4 is 15.5 Å². The minimum atomic E-state index is -3.47. The molecule has 0 aliphatic carbocycles. The first kappa shape index (κ1) is 20.6. The van der Waals surface area contributed by atoms with E-state index in [1.807, 2.05) is 6.92 Å². The van der Waals surface area contributed by atoms with E-state index in [0.29, 0.717) is 18.4 Å². The summed E-state index contributed by atoms with van der Waals surface area (Å²) in [5.74, 6) is 0.0689. The van der Waals surface area contributed by atoms with Gasteiger partial charge in [0.2, 0.25) is 0 Å². The number of nitro groups is 1. The largest absolute Gasteiger partial charge is 0.270 e. The number of rotatable bonds is 12. The highest BCUT2D eigenvalue weighted by atomic mass is 32.2. The molecule has 0 aliphatic heterocycles. The van der Waals surface area contributed by atoms with Crippen LogP contribution in [0, 0.1) is 10.1 Å². The Morgan fingerprint density at radius 1 is 0.958 bits per heavy atom. The summed E-state index contributed by atoms with van der Waals surface area (Å²) in [6, 6.07) is 4.23. The average Bonchev–Trinajstić information content (AvgIpc) is 2.55. The number of non-ortho nitro benzene ring substituents is 1. The van der Waals surface area contributed by atoms with Gasteiger partial charge in [-0.1, -0.05) is 58.4 Å². The molecule has 136 valence electrons. The van der Waals surface area contributed by atoms with Crippen LogP contribution in [0.25, 0.3) is 0 Å². The van der Waals surface area contributed by atoms with E-state index >= 15 is 0 Å². The van der Waals surface area contributed by atoms with Crippen molar-refractivity contribution in [2.45, 2.75) is 76.5 Å². The Morgan fingerprint density at radius 3 is 2.21 bits per heavy atom. The minimum absolute atomic E-state index is 0.0689. The second-order valence-electron chi connectivity index (χ2n) is 6.24. The maximum atomic E-state index is 12.7.